The first kappa shape index (κ1) is 7.67. The minimum atomic E-state index is 0.579. The molecule has 4 heteroatoms. The maximum absolute atomic E-state index is 4.02. The first-order chi connectivity index (χ1) is 6.45. The lowest BCUT2D eigenvalue weighted by Gasteiger charge is -2.01. The Hall–Kier alpha value is -1.97. The molecule has 4 nitrogen and oxygen atoms in total. The van der Waals surface area contributed by atoms with E-state index in [9.17, 15) is 0 Å². The van der Waals surface area contributed by atoms with E-state index in [2.05, 4.69) is 20.3 Å². The smallest absolute Gasteiger partial charge is 0.227 e. The highest BCUT2D eigenvalue weighted by Gasteiger charge is 1.93. The fraction of sp³-hybridized carbons (Fsp3) is 0. The van der Waals surface area contributed by atoms with Crippen molar-refractivity contribution in [2.24, 2.45) is 0 Å². The van der Waals surface area contributed by atoms with Crippen LogP contribution >= 0.6 is 0 Å². The zero-order valence-electron chi connectivity index (χ0n) is 6.88. The van der Waals surface area contributed by atoms with Gasteiger partial charge in [0, 0.05) is 18.6 Å². The van der Waals surface area contributed by atoms with Crippen LogP contribution in [0.15, 0.2) is 43.0 Å². The van der Waals surface area contributed by atoms with Crippen LogP contribution in [0.2, 0.25) is 0 Å². The summed E-state index contributed by atoms with van der Waals surface area (Å²) >= 11 is 0. The Morgan fingerprint density at radius 2 is 1.85 bits per heavy atom. The van der Waals surface area contributed by atoms with E-state index >= 15 is 0 Å². The van der Waals surface area contributed by atoms with Gasteiger partial charge in [-0.25, -0.2) is 9.97 Å². The second kappa shape index (κ2) is 3.62. The van der Waals surface area contributed by atoms with E-state index in [0.717, 1.165) is 5.69 Å². The molecular formula is C9H8N4. The number of anilines is 2. The number of nitrogens with one attached hydrogen (secondary N) is 1. The summed E-state index contributed by atoms with van der Waals surface area (Å²) in [6, 6.07) is 5.53. The minimum Gasteiger partial charge on any atom is -0.323 e. The molecule has 0 unspecified atom stereocenters. The number of rotatable bonds is 2. The van der Waals surface area contributed by atoms with Crippen LogP contribution in [-0.2, 0) is 0 Å². The predicted molar refractivity (Wildman–Crippen MR) is 49.6 cm³/mol. The van der Waals surface area contributed by atoms with Gasteiger partial charge in [0.05, 0.1) is 11.9 Å². The van der Waals surface area contributed by atoms with Gasteiger partial charge >= 0.3 is 0 Å². The van der Waals surface area contributed by atoms with Gasteiger partial charge in [-0.15, -0.1) is 0 Å². The lowest BCUT2D eigenvalue weighted by molar-refractivity contribution is 1.16. The summed E-state index contributed by atoms with van der Waals surface area (Å²) in [4.78, 5) is 12.0. The minimum absolute atomic E-state index is 0.579. The number of aromatic nitrogens is 3. The average molecular weight is 172 g/mol. The molecule has 0 spiro atoms. The third-order valence-corrected chi connectivity index (χ3v) is 1.48. The molecule has 13 heavy (non-hydrogen) atoms. The van der Waals surface area contributed by atoms with Gasteiger partial charge in [0.15, 0.2) is 0 Å². The lowest BCUT2D eigenvalue weighted by Crippen LogP contribution is -1.95. The highest BCUT2D eigenvalue weighted by molar-refractivity contribution is 5.50. The highest BCUT2D eigenvalue weighted by Crippen LogP contribution is 2.08. The van der Waals surface area contributed by atoms with Crippen LogP contribution in [0.4, 0.5) is 11.6 Å². The van der Waals surface area contributed by atoms with E-state index in [1.165, 1.54) is 0 Å². The topological polar surface area (TPSA) is 50.7 Å². The second-order valence-corrected chi connectivity index (χ2v) is 2.44. The van der Waals surface area contributed by atoms with E-state index in [4.69, 9.17) is 0 Å². The molecule has 0 aliphatic rings. The first-order valence-electron chi connectivity index (χ1n) is 3.89. The quantitative estimate of drug-likeness (QED) is 0.747. The van der Waals surface area contributed by atoms with Gasteiger partial charge in [0.2, 0.25) is 5.95 Å². The van der Waals surface area contributed by atoms with E-state index < -0.39 is 0 Å². The van der Waals surface area contributed by atoms with Crippen LogP contribution in [0.1, 0.15) is 0 Å². The van der Waals surface area contributed by atoms with Crippen LogP contribution in [0.25, 0.3) is 0 Å². The van der Waals surface area contributed by atoms with E-state index in [1.807, 2.05) is 12.1 Å². The molecule has 0 amide bonds. The SMILES string of the molecule is c1cnc(Nc2cccnc2)nc1. The highest BCUT2D eigenvalue weighted by atomic mass is 15.1. The second-order valence-electron chi connectivity index (χ2n) is 2.44. The van der Waals surface area contributed by atoms with Crippen LogP contribution in [0, 0.1) is 0 Å². The number of hydrogen-bond donors (Lipinski definition) is 1. The first-order valence-corrected chi connectivity index (χ1v) is 3.89. The fourth-order valence-corrected chi connectivity index (χ4v) is 0.929. The zero-order valence-corrected chi connectivity index (χ0v) is 6.88. The summed E-state index contributed by atoms with van der Waals surface area (Å²) in [5.74, 6) is 0.579. The van der Waals surface area contributed by atoms with Gasteiger partial charge in [-0.2, -0.15) is 0 Å². The predicted octanol–water partition coefficient (Wildman–Crippen LogP) is 1.62. The molecule has 2 aromatic rings. The molecule has 1 N–H and O–H groups in total. The normalized spacial score (nSPS) is 9.54. The Bertz CT molecular complexity index is 322. The molecule has 0 saturated heterocycles. The molecule has 0 aromatic carbocycles. The van der Waals surface area contributed by atoms with Gasteiger partial charge in [0.1, 0.15) is 0 Å². The van der Waals surface area contributed by atoms with Gasteiger partial charge < -0.3 is 5.32 Å². The van der Waals surface area contributed by atoms with Crippen molar-refractivity contribution in [3.63, 3.8) is 0 Å². The zero-order chi connectivity index (χ0) is 8.93. The van der Waals surface area contributed by atoms with Crippen LogP contribution in [0.5, 0.6) is 0 Å². The van der Waals surface area contributed by atoms with Crippen LogP contribution in [0.3, 0.4) is 0 Å². The van der Waals surface area contributed by atoms with Crippen molar-refractivity contribution >= 4 is 11.6 Å². The Kier molecular flexibility index (Phi) is 2.14. The molecule has 0 aliphatic carbocycles. The van der Waals surface area contributed by atoms with Crippen molar-refractivity contribution in [1.29, 1.82) is 0 Å². The molecule has 2 rings (SSSR count). The van der Waals surface area contributed by atoms with Gasteiger partial charge in [0.25, 0.3) is 0 Å². The molecule has 0 atom stereocenters. The molecular weight excluding hydrogens is 164 g/mol. The lowest BCUT2D eigenvalue weighted by atomic mass is 10.4. The van der Waals surface area contributed by atoms with Crippen molar-refractivity contribution in [3.8, 4) is 0 Å². The van der Waals surface area contributed by atoms with Crippen molar-refractivity contribution in [2.75, 3.05) is 5.32 Å². The molecule has 0 saturated carbocycles. The van der Waals surface area contributed by atoms with Crippen molar-refractivity contribution < 1.29 is 0 Å². The van der Waals surface area contributed by atoms with Crippen molar-refractivity contribution in [3.05, 3.63) is 43.0 Å². The molecule has 2 aromatic heterocycles. The summed E-state index contributed by atoms with van der Waals surface area (Å²) in [5, 5.41) is 3.02. The average Bonchev–Trinajstić information content (AvgIpc) is 2.21. The fourth-order valence-electron chi connectivity index (χ4n) is 0.929. The number of hydrogen-bond acceptors (Lipinski definition) is 4. The van der Waals surface area contributed by atoms with Crippen LogP contribution < -0.4 is 5.32 Å². The Morgan fingerprint density at radius 1 is 1.00 bits per heavy atom. The Balaban J connectivity index is 2.16. The third-order valence-electron chi connectivity index (χ3n) is 1.48. The van der Waals surface area contributed by atoms with Crippen molar-refractivity contribution in [1.82, 2.24) is 15.0 Å². The molecule has 0 bridgehead atoms. The third kappa shape index (κ3) is 1.99. The summed E-state index contributed by atoms with van der Waals surface area (Å²) in [6.45, 7) is 0. The summed E-state index contributed by atoms with van der Waals surface area (Å²) in [7, 11) is 0. The molecule has 0 fully saturated rings. The maximum Gasteiger partial charge on any atom is 0.227 e. The van der Waals surface area contributed by atoms with E-state index in [-0.39, 0.29) is 0 Å². The monoisotopic (exact) mass is 172 g/mol. The van der Waals surface area contributed by atoms with Crippen LogP contribution in [-0.4, -0.2) is 15.0 Å². The molecule has 2 heterocycles. The number of pyridine rings is 1. The molecule has 64 valence electrons. The summed E-state index contributed by atoms with van der Waals surface area (Å²) in [5.41, 5.74) is 0.883. The Morgan fingerprint density at radius 3 is 2.54 bits per heavy atom. The Labute approximate surface area is 75.7 Å². The summed E-state index contributed by atoms with van der Waals surface area (Å²) < 4.78 is 0. The standard InChI is InChI=1S/C9H8N4/c1-3-8(7-10-4-1)13-9-11-5-2-6-12-9/h1-7H,(H,11,12,13). The van der Waals surface area contributed by atoms with E-state index in [1.54, 1.807) is 30.9 Å². The maximum atomic E-state index is 4.02. The van der Waals surface area contributed by atoms with Crippen molar-refractivity contribution in [2.45, 2.75) is 0 Å². The molecule has 0 aliphatic heterocycles. The van der Waals surface area contributed by atoms with Gasteiger partial charge in [-0.3, -0.25) is 4.98 Å². The largest absolute Gasteiger partial charge is 0.323 e. The van der Waals surface area contributed by atoms with Gasteiger partial charge in [-0.1, -0.05) is 0 Å². The molecule has 0 radical (unpaired) electrons. The van der Waals surface area contributed by atoms with Gasteiger partial charge in [-0.05, 0) is 18.2 Å². The van der Waals surface area contributed by atoms with E-state index in [0.29, 0.717) is 5.95 Å². The summed E-state index contributed by atoms with van der Waals surface area (Å²) in [6.07, 6.45) is 6.81. The number of nitrogens with zero attached hydrogens (tertiary/aromatic N) is 3.